The Bertz CT molecular complexity index is 567. The van der Waals surface area contributed by atoms with E-state index in [-0.39, 0.29) is 5.78 Å². The van der Waals surface area contributed by atoms with Gasteiger partial charge in [0.15, 0.2) is 5.78 Å². The Labute approximate surface area is 106 Å². The van der Waals surface area contributed by atoms with Gasteiger partial charge < -0.3 is 4.74 Å². The number of ether oxygens (including phenoxy) is 1. The molecule has 4 heteroatoms. The standard InChI is InChI=1S/C14H14N2O2/c1-10-7-13(4-6-15-10)18-9-12-3-5-16-14(8-12)11(2)17/h3-8H,9H2,1-2H3. The van der Waals surface area contributed by atoms with Crippen LogP contribution >= 0.6 is 0 Å². The van der Waals surface area contributed by atoms with E-state index >= 15 is 0 Å². The molecule has 2 rings (SSSR count). The molecular weight excluding hydrogens is 228 g/mol. The number of aromatic nitrogens is 2. The summed E-state index contributed by atoms with van der Waals surface area (Å²) >= 11 is 0. The van der Waals surface area contributed by atoms with Gasteiger partial charge in [-0.2, -0.15) is 0 Å². The average Bonchev–Trinajstić information content (AvgIpc) is 2.37. The van der Waals surface area contributed by atoms with Crippen LogP contribution in [-0.2, 0) is 6.61 Å². The predicted molar refractivity (Wildman–Crippen MR) is 67.5 cm³/mol. The fourth-order valence-corrected chi connectivity index (χ4v) is 1.53. The first kappa shape index (κ1) is 12.2. The molecule has 0 fully saturated rings. The largest absolute Gasteiger partial charge is 0.489 e. The number of hydrogen-bond acceptors (Lipinski definition) is 4. The zero-order valence-electron chi connectivity index (χ0n) is 10.4. The minimum atomic E-state index is -0.0448. The van der Waals surface area contributed by atoms with Gasteiger partial charge in [-0.15, -0.1) is 0 Å². The number of rotatable bonds is 4. The number of pyridine rings is 2. The summed E-state index contributed by atoms with van der Waals surface area (Å²) in [7, 11) is 0. The summed E-state index contributed by atoms with van der Waals surface area (Å²) in [6.45, 7) is 3.82. The van der Waals surface area contributed by atoms with Gasteiger partial charge in [0.05, 0.1) is 0 Å². The van der Waals surface area contributed by atoms with Crippen molar-refractivity contribution in [2.45, 2.75) is 20.5 Å². The predicted octanol–water partition coefficient (Wildman–Crippen LogP) is 2.57. The Kier molecular flexibility index (Phi) is 3.67. The highest BCUT2D eigenvalue weighted by Crippen LogP contribution is 2.13. The lowest BCUT2D eigenvalue weighted by molar-refractivity contribution is 0.101. The maximum atomic E-state index is 11.2. The van der Waals surface area contributed by atoms with Crippen molar-refractivity contribution in [3.8, 4) is 5.75 Å². The zero-order chi connectivity index (χ0) is 13.0. The van der Waals surface area contributed by atoms with E-state index in [0.717, 1.165) is 17.0 Å². The Morgan fingerprint density at radius 1 is 1.22 bits per heavy atom. The minimum absolute atomic E-state index is 0.0448. The number of nitrogens with zero attached hydrogens (tertiary/aromatic N) is 2. The van der Waals surface area contributed by atoms with Crippen molar-refractivity contribution in [3.63, 3.8) is 0 Å². The topological polar surface area (TPSA) is 52.1 Å². The Morgan fingerprint density at radius 3 is 2.72 bits per heavy atom. The molecule has 0 aliphatic heterocycles. The summed E-state index contributed by atoms with van der Waals surface area (Å²) in [5, 5.41) is 0. The minimum Gasteiger partial charge on any atom is -0.489 e. The molecule has 0 N–H and O–H groups in total. The Morgan fingerprint density at radius 2 is 2.00 bits per heavy atom. The molecular formula is C14H14N2O2. The number of ketones is 1. The molecule has 0 spiro atoms. The van der Waals surface area contributed by atoms with Gasteiger partial charge in [-0.25, -0.2) is 0 Å². The molecule has 92 valence electrons. The van der Waals surface area contributed by atoms with Crippen LogP contribution in [0.4, 0.5) is 0 Å². The molecule has 0 aliphatic rings. The number of aryl methyl sites for hydroxylation is 1. The maximum Gasteiger partial charge on any atom is 0.178 e. The van der Waals surface area contributed by atoms with Crippen molar-refractivity contribution in [1.82, 2.24) is 9.97 Å². The summed E-state index contributed by atoms with van der Waals surface area (Å²) in [5.74, 6) is 0.722. The van der Waals surface area contributed by atoms with Gasteiger partial charge in [0.2, 0.25) is 0 Å². The van der Waals surface area contributed by atoms with Gasteiger partial charge in [0.25, 0.3) is 0 Å². The van der Waals surface area contributed by atoms with E-state index in [2.05, 4.69) is 9.97 Å². The summed E-state index contributed by atoms with van der Waals surface area (Å²) in [6.07, 6.45) is 3.32. The molecule has 0 aromatic carbocycles. The molecule has 4 nitrogen and oxygen atoms in total. The van der Waals surface area contributed by atoms with E-state index in [1.165, 1.54) is 6.92 Å². The van der Waals surface area contributed by atoms with Crippen LogP contribution in [0, 0.1) is 6.92 Å². The highest BCUT2D eigenvalue weighted by atomic mass is 16.5. The number of carbonyl (C=O) groups is 1. The van der Waals surface area contributed by atoms with Gasteiger partial charge in [-0.05, 0) is 30.7 Å². The van der Waals surface area contributed by atoms with E-state index in [1.54, 1.807) is 24.5 Å². The second-order valence-electron chi connectivity index (χ2n) is 4.03. The van der Waals surface area contributed by atoms with Gasteiger partial charge in [-0.1, -0.05) is 0 Å². The number of carbonyl (C=O) groups excluding carboxylic acids is 1. The first-order valence-electron chi connectivity index (χ1n) is 5.66. The van der Waals surface area contributed by atoms with E-state index in [4.69, 9.17) is 4.74 Å². The van der Waals surface area contributed by atoms with E-state index in [1.807, 2.05) is 19.1 Å². The van der Waals surface area contributed by atoms with Crippen molar-refractivity contribution >= 4 is 5.78 Å². The van der Waals surface area contributed by atoms with Gasteiger partial charge in [-0.3, -0.25) is 14.8 Å². The van der Waals surface area contributed by atoms with Crippen molar-refractivity contribution in [1.29, 1.82) is 0 Å². The molecule has 0 saturated heterocycles. The Balaban J connectivity index is 2.06. The van der Waals surface area contributed by atoms with Crippen LogP contribution in [0.15, 0.2) is 36.7 Å². The van der Waals surface area contributed by atoms with E-state index in [0.29, 0.717) is 12.3 Å². The third kappa shape index (κ3) is 3.13. The smallest absolute Gasteiger partial charge is 0.178 e. The van der Waals surface area contributed by atoms with Crippen LogP contribution in [0.3, 0.4) is 0 Å². The van der Waals surface area contributed by atoms with Crippen molar-refractivity contribution in [3.05, 3.63) is 53.6 Å². The molecule has 2 heterocycles. The van der Waals surface area contributed by atoms with Gasteiger partial charge in [0.1, 0.15) is 18.1 Å². The monoisotopic (exact) mass is 242 g/mol. The summed E-state index contributed by atoms with van der Waals surface area (Å²) in [6, 6.07) is 7.25. The molecule has 2 aromatic rings. The van der Waals surface area contributed by atoms with Crippen LogP contribution in [0.2, 0.25) is 0 Å². The Hall–Kier alpha value is -2.23. The van der Waals surface area contributed by atoms with E-state index < -0.39 is 0 Å². The van der Waals surface area contributed by atoms with Crippen LogP contribution in [0.5, 0.6) is 5.75 Å². The molecule has 0 saturated carbocycles. The zero-order valence-corrected chi connectivity index (χ0v) is 10.4. The third-order valence-electron chi connectivity index (χ3n) is 2.46. The molecule has 2 aromatic heterocycles. The van der Waals surface area contributed by atoms with Crippen LogP contribution < -0.4 is 4.74 Å². The van der Waals surface area contributed by atoms with Gasteiger partial charge in [0, 0.05) is 31.1 Å². The lowest BCUT2D eigenvalue weighted by Crippen LogP contribution is -2.01. The number of Topliss-reactive ketones (excluding diaryl/α,β-unsaturated/α-hetero) is 1. The molecule has 0 aliphatic carbocycles. The molecule has 0 unspecified atom stereocenters. The normalized spacial score (nSPS) is 10.1. The molecule has 0 radical (unpaired) electrons. The summed E-state index contributed by atoms with van der Waals surface area (Å²) in [4.78, 5) is 19.3. The molecule has 0 bridgehead atoms. The van der Waals surface area contributed by atoms with Crippen LogP contribution in [0.25, 0.3) is 0 Å². The van der Waals surface area contributed by atoms with Crippen LogP contribution in [-0.4, -0.2) is 15.8 Å². The first-order chi connectivity index (χ1) is 8.65. The summed E-state index contributed by atoms with van der Waals surface area (Å²) in [5.41, 5.74) is 2.29. The average molecular weight is 242 g/mol. The fraction of sp³-hybridized carbons (Fsp3) is 0.214. The SMILES string of the molecule is CC(=O)c1cc(COc2ccnc(C)c2)ccn1. The fourth-order valence-electron chi connectivity index (χ4n) is 1.53. The first-order valence-corrected chi connectivity index (χ1v) is 5.66. The molecule has 18 heavy (non-hydrogen) atoms. The second kappa shape index (κ2) is 5.40. The molecule has 0 atom stereocenters. The highest BCUT2D eigenvalue weighted by molar-refractivity contribution is 5.92. The van der Waals surface area contributed by atoms with Crippen molar-refractivity contribution in [2.24, 2.45) is 0 Å². The van der Waals surface area contributed by atoms with Crippen molar-refractivity contribution < 1.29 is 9.53 Å². The molecule has 0 amide bonds. The van der Waals surface area contributed by atoms with Crippen LogP contribution in [0.1, 0.15) is 28.7 Å². The number of hydrogen-bond donors (Lipinski definition) is 0. The lowest BCUT2D eigenvalue weighted by atomic mass is 10.2. The quantitative estimate of drug-likeness (QED) is 0.773. The third-order valence-corrected chi connectivity index (χ3v) is 2.46. The highest BCUT2D eigenvalue weighted by Gasteiger charge is 2.03. The van der Waals surface area contributed by atoms with E-state index in [9.17, 15) is 4.79 Å². The van der Waals surface area contributed by atoms with Crippen molar-refractivity contribution in [2.75, 3.05) is 0 Å². The summed E-state index contributed by atoms with van der Waals surface area (Å²) < 4.78 is 5.63. The lowest BCUT2D eigenvalue weighted by Gasteiger charge is -2.07. The van der Waals surface area contributed by atoms with Gasteiger partial charge >= 0.3 is 0 Å². The maximum absolute atomic E-state index is 11.2. The second-order valence-corrected chi connectivity index (χ2v) is 4.03.